The van der Waals surface area contributed by atoms with E-state index in [2.05, 4.69) is 21.6 Å². The molecule has 0 fully saturated rings. The van der Waals surface area contributed by atoms with Crippen LogP contribution in [0.4, 0.5) is 0 Å². The van der Waals surface area contributed by atoms with Crippen LogP contribution < -0.4 is 10.1 Å². The van der Waals surface area contributed by atoms with Crippen LogP contribution in [0, 0.1) is 0 Å². The molecule has 0 unspecified atom stereocenters. The number of para-hydroxylation sites is 1. The molecule has 0 aliphatic rings. The lowest BCUT2D eigenvalue weighted by Gasteiger charge is -2.08. The predicted molar refractivity (Wildman–Crippen MR) is 97.9 cm³/mol. The third-order valence-corrected chi connectivity index (χ3v) is 4.06. The van der Waals surface area contributed by atoms with Gasteiger partial charge in [-0.2, -0.15) is 5.10 Å². The maximum atomic E-state index is 12.3. The minimum atomic E-state index is -0.209. The van der Waals surface area contributed by atoms with Crippen molar-refractivity contribution in [3.63, 3.8) is 0 Å². The predicted octanol–water partition coefficient (Wildman–Crippen LogP) is 3.52. The van der Waals surface area contributed by atoms with E-state index in [0.29, 0.717) is 18.8 Å². The Balaban J connectivity index is 1.35. The molecule has 4 aromatic rings. The van der Waals surface area contributed by atoms with Crippen LogP contribution in [0.1, 0.15) is 10.5 Å². The summed E-state index contributed by atoms with van der Waals surface area (Å²) in [6.07, 6.45) is 0. The molecule has 124 valence electrons. The van der Waals surface area contributed by atoms with Crippen molar-refractivity contribution in [2.45, 2.75) is 0 Å². The number of hydrogen-bond acceptors (Lipinski definition) is 3. The molecule has 1 amide bonds. The highest BCUT2D eigenvalue weighted by Crippen LogP contribution is 2.20. The highest BCUT2D eigenvalue weighted by molar-refractivity contribution is 6.04. The standard InChI is InChI=1S/C20H17N3O2/c24-20(19-17-7-3-4-8-18(17)22-23-19)21-11-12-25-16-10-9-14-5-1-2-6-15(14)13-16/h1-10,13H,11-12H2,(H,21,24)(H,22,23). The van der Waals surface area contributed by atoms with E-state index in [0.717, 1.165) is 22.0 Å². The summed E-state index contributed by atoms with van der Waals surface area (Å²) in [5.74, 6) is 0.581. The molecule has 0 aliphatic heterocycles. The van der Waals surface area contributed by atoms with Crippen LogP contribution in [0.2, 0.25) is 0 Å². The molecular weight excluding hydrogens is 314 g/mol. The van der Waals surface area contributed by atoms with Crippen molar-refractivity contribution in [2.75, 3.05) is 13.2 Å². The summed E-state index contributed by atoms with van der Waals surface area (Å²) in [4.78, 5) is 12.3. The van der Waals surface area contributed by atoms with Gasteiger partial charge in [0.2, 0.25) is 0 Å². The lowest BCUT2D eigenvalue weighted by molar-refractivity contribution is 0.0943. The number of aromatic nitrogens is 2. The molecule has 5 heteroatoms. The SMILES string of the molecule is O=C(NCCOc1ccc2ccccc2c1)c1n[nH]c2ccccc12. The van der Waals surface area contributed by atoms with E-state index in [-0.39, 0.29) is 5.91 Å². The molecule has 0 aliphatic carbocycles. The maximum absolute atomic E-state index is 12.3. The number of fused-ring (bicyclic) bond motifs is 2. The molecule has 2 N–H and O–H groups in total. The molecule has 4 rings (SSSR count). The average molecular weight is 331 g/mol. The van der Waals surface area contributed by atoms with E-state index in [1.54, 1.807) is 0 Å². The number of nitrogens with zero attached hydrogens (tertiary/aromatic N) is 1. The van der Waals surface area contributed by atoms with Crippen LogP contribution >= 0.6 is 0 Å². The normalized spacial score (nSPS) is 10.9. The number of H-pyrrole nitrogens is 1. The van der Waals surface area contributed by atoms with E-state index in [4.69, 9.17) is 4.74 Å². The summed E-state index contributed by atoms with van der Waals surface area (Å²) in [6, 6.07) is 21.6. The molecule has 0 bridgehead atoms. The highest BCUT2D eigenvalue weighted by Gasteiger charge is 2.12. The Morgan fingerprint density at radius 2 is 1.80 bits per heavy atom. The average Bonchev–Trinajstić information content (AvgIpc) is 3.09. The van der Waals surface area contributed by atoms with Crippen LogP contribution in [0.5, 0.6) is 5.75 Å². The van der Waals surface area contributed by atoms with Gasteiger partial charge in [0.05, 0.1) is 12.1 Å². The van der Waals surface area contributed by atoms with Crippen LogP contribution in [0.3, 0.4) is 0 Å². The van der Waals surface area contributed by atoms with Gasteiger partial charge in [-0.25, -0.2) is 0 Å². The minimum absolute atomic E-state index is 0.209. The van der Waals surface area contributed by atoms with Crippen molar-refractivity contribution in [3.05, 3.63) is 72.4 Å². The molecule has 0 atom stereocenters. The third kappa shape index (κ3) is 3.17. The number of hydrogen-bond donors (Lipinski definition) is 2. The van der Waals surface area contributed by atoms with E-state index in [1.165, 1.54) is 5.39 Å². The highest BCUT2D eigenvalue weighted by atomic mass is 16.5. The molecule has 0 saturated carbocycles. The Morgan fingerprint density at radius 1 is 1.00 bits per heavy atom. The lowest BCUT2D eigenvalue weighted by atomic mass is 10.1. The van der Waals surface area contributed by atoms with E-state index < -0.39 is 0 Å². The van der Waals surface area contributed by atoms with Gasteiger partial charge in [-0.05, 0) is 29.0 Å². The van der Waals surface area contributed by atoms with Crippen molar-refractivity contribution < 1.29 is 9.53 Å². The third-order valence-electron chi connectivity index (χ3n) is 4.06. The summed E-state index contributed by atoms with van der Waals surface area (Å²) < 4.78 is 5.73. The Bertz CT molecular complexity index is 1040. The number of benzene rings is 3. The van der Waals surface area contributed by atoms with E-state index >= 15 is 0 Å². The summed E-state index contributed by atoms with van der Waals surface area (Å²) in [5, 5.41) is 12.9. The molecule has 0 saturated heterocycles. The van der Waals surface area contributed by atoms with E-state index in [9.17, 15) is 4.79 Å². The fraction of sp³-hybridized carbons (Fsp3) is 0.100. The molecule has 5 nitrogen and oxygen atoms in total. The Labute approximate surface area is 144 Å². The van der Waals surface area contributed by atoms with Crippen LogP contribution in [0.15, 0.2) is 66.7 Å². The van der Waals surface area contributed by atoms with Gasteiger partial charge in [-0.3, -0.25) is 9.89 Å². The first-order valence-electron chi connectivity index (χ1n) is 8.14. The number of carbonyl (C=O) groups excluding carboxylic acids is 1. The topological polar surface area (TPSA) is 67.0 Å². The molecule has 25 heavy (non-hydrogen) atoms. The van der Waals surface area contributed by atoms with Crippen LogP contribution in [-0.4, -0.2) is 29.3 Å². The summed E-state index contributed by atoms with van der Waals surface area (Å²) in [5.41, 5.74) is 1.25. The Hall–Kier alpha value is -3.34. The number of nitrogens with one attached hydrogen (secondary N) is 2. The fourth-order valence-corrected chi connectivity index (χ4v) is 2.81. The lowest BCUT2D eigenvalue weighted by Crippen LogP contribution is -2.28. The van der Waals surface area contributed by atoms with Gasteiger partial charge in [0, 0.05) is 5.39 Å². The number of ether oxygens (including phenoxy) is 1. The second kappa shape index (κ2) is 6.65. The Morgan fingerprint density at radius 3 is 2.72 bits per heavy atom. The van der Waals surface area contributed by atoms with Gasteiger partial charge in [0.1, 0.15) is 12.4 Å². The van der Waals surface area contributed by atoms with Crippen molar-refractivity contribution in [1.82, 2.24) is 15.5 Å². The second-order valence-electron chi connectivity index (χ2n) is 5.73. The maximum Gasteiger partial charge on any atom is 0.272 e. The minimum Gasteiger partial charge on any atom is -0.492 e. The molecule has 1 aromatic heterocycles. The van der Waals surface area contributed by atoms with Crippen molar-refractivity contribution in [1.29, 1.82) is 0 Å². The van der Waals surface area contributed by atoms with Gasteiger partial charge in [0.15, 0.2) is 5.69 Å². The molecule has 0 radical (unpaired) electrons. The van der Waals surface area contributed by atoms with Crippen molar-refractivity contribution in [2.24, 2.45) is 0 Å². The van der Waals surface area contributed by atoms with Gasteiger partial charge in [-0.15, -0.1) is 0 Å². The molecular formula is C20H17N3O2. The quantitative estimate of drug-likeness (QED) is 0.550. The number of rotatable bonds is 5. The van der Waals surface area contributed by atoms with Crippen molar-refractivity contribution in [3.8, 4) is 5.75 Å². The smallest absolute Gasteiger partial charge is 0.272 e. The van der Waals surface area contributed by atoms with Gasteiger partial charge in [0.25, 0.3) is 5.91 Å². The summed E-state index contributed by atoms with van der Waals surface area (Å²) in [6.45, 7) is 0.805. The Kier molecular flexibility index (Phi) is 4.04. The van der Waals surface area contributed by atoms with Gasteiger partial charge >= 0.3 is 0 Å². The number of carbonyl (C=O) groups is 1. The number of aromatic amines is 1. The van der Waals surface area contributed by atoms with Gasteiger partial charge in [-0.1, -0.05) is 48.5 Å². The van der Waals surface area contributed by atoms with Gasteiger partial charge < -0.3 is 10.1 Å². The zero-order valence-electron chi connectivity index (χ0n) is 13.5. The first-order chi connectivity index (χ1) is 12.3. The summed E-state index contributed by atoms with van der Waals surface area (Å²) >= 11 is 0. The zero-order valence-corrected chi connectivity index (χ0v) is 13.5. The first kappa shape index (κ1) is 15.2. The molecule has 3 aromatic carbocycles. The second-order valence-corrected chi connectivity index (χ2v) is 5.73. The molecule has 0 spiro atoms. The van der Waals surface area contributed by atoms with Crippen molar-refractivity contribution >= 4 is 27.6 Å². The van der Waals surface area contributed by atoms with E-state index in [1.807, 2.05) is 60.7 Å². The fourth-order valence-electron chi connectivity index (χ4n) is 2.81. The summed E-state index contributed by atoms with van der Waals surface area (Å²) in [7, 11) is 0. The van der Waals surface area contributed by atoms with Crippen LogP contribution in [-0.2, 0) is 0 Å². The largest absolute Gasteiger partial charge is 0.492 e. The zero-order chi connectivity index (χ0) is 17.1. The molecule has 1 heterocycles. The monoisotopic (exact) mass is 331 g/mol. The number of amides is 1. The van der Waals surface area contributed by atoms with Crippen LogP contribution in [0.25, 0.3) is 21.7 Å². The first-order valence-corrected chi connectivity index (χ1v) is 8.14.